The van der Waals surface area contributed by atoms with Crippen LogP contribution in [0.25, 0.3) is 0 Å². The predicted octanol–water partition coefficient (Wildman–Crippen LogP) is 3.82. The van der Waals surface area contributed by atoms with Crippen LogP contribution in [0.3, 0.4) is 0 Å². The molecule has 0 radical (unpaired) electrons. The first-order valence-corrected chi connectivity index (χ1v) is 8.57. The van der Waals surface area contributed by atoms with Gasteiger partial charge in [-0.25, -0.2) is 0 Å². The molecule has 0 saturated carbocycles. The van der Waals surface area contributed by atoms with Gasteiger partial charge in [-0.3, -0.25) is 9.59 Å². The summed E-state index contributed by atoms with van der Waals surface area (Å²) in [7, 11) is 0. The van der Waals surface area contributed by atoms with Gasteiger partial charge < -0.3 is 10.2 Å². The Morgan fingerprint density at radius 2 is 1.59 bits per heavy atom. The maximum absolute atomic E-state index is 12.7. The smallest absolute Gasteiger partial charge is 0.239 e. The summed E-state index contributed by atoms with van der Waals surface area (Å²) in [6.07, 6.45) is 4.37. The van der Waals surface area contributed by atoms with Crippen molar-refractivity contribution in [1.29, 1.82) is 0 Å². The maximum atomic E-state index is 12.7. The lowest BCUT2D eigenvalue weighted by atomic mass is 9.90. The first kappa shape index (κ1) is 17.0. The first-order valence-electron chi connectivity index (χ1n) is 7.77. The summed E-state index contributed by atoms with van der Waals surface area (Å²) in [6, 6.07) is 7.35. The number of anilines is 1. The van der Waals surface area contributed by atoms with Crippen LogP contribution < -0.4 is 5.32 Å². The van der Waals surface area contributed by atoms with Gasteiger partial charge in [-0.2, -0.15) is 0 Å². The Balaban J connectivity index is 2.05. The lowest BCUT2D eigenvalue weighted by molar-refractivity contribution is -0.146. The maximum Gasteiger partial charge on any atom is 0.239 e. The lowest BCUT2D eigenvalue weighted by Crippen LogP contribution is -2.47. The topological polar surface area (TPSA) is 49.4 Å². The number of benzene rings is 1. The zero-order valence-electron chi connectivity index (χ0n) is 13.2. The van der Waals surface area contributed by atoms with Crippen LogP contribution in [-0.2, 0) is 9.59 Å². The van der Waals surface area contributed by atoms with Crippen LogP contribution in [0.4, 0.5) is 5.69 Å². The molecule has 1 aromatic carbocycles. The Labute approximate surface area is 140 Å². The molecule has 1 N–H and O–H groups in total. The summed E-state index contributed by atoms with van der Waals surface area (Å²) < 4.78 is 0.949. The van der Waals surface area contributed by atoms with Crippen LogP contribution in [0.2, 0.25) is 0 Å². The van der Waals surface area contributed by atoms with Crippen molar-refractivity contribution in [3.63, 3.8) is 0 Å². The number of nitrogens with one attached hydrogen (secondary N) is 1. The second-order valence-electron chi connectivity index (χ2n) is 6.29. The first-order chi connectivity index (χ1) is 10.4. The van der Waals surface area contributed by atoms with E-state index in [-0.39, 0.29) is 11.8 Å². The molecule has 0 unspecified atom stereocenters. The van der Waals surface area contributed by atoms with Gasteiger partial charge >= 0.3 is 0 Å². The average molecular weight is 367 g/mol. The number of halogens is 1. The zero-order valence-corrected chi connectivity index (χ0v) is 14.8. The molecule has 120 valence electrons. The predicted molar refractivity (Wildman–Crippen MR) is 91.6 cm³/mol. The number of carbonyl (C=O) groups is 2. The van der Waals surface area contributed by atoms with Gasteiger partial charge in [0.2, 0.25) is 11.8 Å². The molecular formula is C17H23BrN2O2. The fraction of sp³-hybridized carbons (Fsp3) is 0.529. The van der Waals surface area contributed by atoms with Gasteiger partial charge in [-0.15, -0.1) is 0 Å². The Hall–Kier alpha value is -1.36. The van der Waals surface area contributed by atoms with Crippen LogP contribution in [0.15, 0.2) is 28.7 Å². The largest absolute Gasteiger partial charge is 0.342 e. The van der Waals surface area contributed by atoms with Gasteiger partial charge in [-0.1, -0.05) is 28.8 Å². The second kappa shape index (κ2) is 7.27. The van der Waals surface area contributed by atoms with E-state index < -0.39 is 5.41 Å². The third kappa shape index (κ3) is 4.09. The highest BCUT2D eigenvalue weighted by Gasteiger charge is 2.39. The lowest BCUT2D eigenvalue weighted by Gasteiger charge is -2.30. The Morgan fingerprint density at radius 3 is 2.14 bits per heavy atom. The number of amides is 2. The van der Waals surface area contributed by atoms with E-state index in [9.17, 15) is 9.59 Å². The van der Waals surface area contributed by atoms with Crippen LogP contribution in [0, 0.1) is 5.41 Å². The molecule has 0 aromatic heterocycles. The number of likely N-dealkylation sites (tertiary alicyclic amines) is 1. The molecule has 0 aliphatic carbocycles. The monoisotopic (exact) mass is 366 g/mol. The summed E-state index contributed by atoms with van der Waals surface area (Å²) in [6.45, 7) is 4.92. The third-order valence-corrected chi connectivity index (χ3v) is 4.63. The van der Waals surface area contributed by atoms with Crippen molar-refractivity contribution < 1.29 is 9.59 Å². The summed E-state index contributed by atoms with van der Waals surface area (Å²) in [5.74, 6) is -0.340. The molecule has 0 atom stereocenters. The molecule has 0 spiro atoms. The van der Waals surface area contributed by atoms with E-state index in [1.807, 2.05) is 29.2 Å². The minimum absolute atomic E-state index is 0.0796. The highest BCUT2D eigenvalue weighted by molar-refractivity contribution is 9.10. The Kier molecular flexibility index (Phi) is 5.62. The van der Waals surface area contributed by atoms with E-state index in [4.69, 9.17) is 0 Å². The molecule has 1 heterocycles. The fourth-order valence-corrected chi connectivity index (χ4v) is 2.85. The minimum atomic E-state index is -1.06. The van der Waals surface area contributed by atoms with Gasteiger partial charge in [-0.05, 0) is 51.0 Å². The molecule has 1 aliphatic heterocycles. The molecular weight excluding hydrogens is 344 g/mol. The van der Waals surface area contributed by atoms with Gasteiger partial charge in [0, 0.05) is 23.2 Å². The standard InChI is InChI=1S/C17H23BrN2O2/c1-17(2,16(22)20-11-5-3-4-6-12-20)15(21)19-14-9-7-13(18)8-10-14/h7-10H,3-6,11-12H2,1-2H3,(H,19,21). The van der Waals surface area contributed by atoms with Gasteiger partial charge in [0.05, 0.1) is 0 Å². The van der Waals surface area contributed by atoms with E-state index >= 15 is 0 Å². The molecule has 0 bridgehead atoms. The molecule has 4 nitrogen and oxygen atoms in total. The van der Waals surface area contributed by atoms with E-state index in [1.54, 1.807) is 13.8 Å². The van der Waals surface area contributed by atoms with Gasteiger partial charge in [0.1, 0.15) is 5.41 Å². The summed E-state index contributed by atoms with van der Waals surface area (Å²) in [5.41, 5.74) is -0.359. The van der Waals surface area contributed by atoms with Crippen molar-refractivity contribution in [2.24, 2.45) is 5.41 Å². The minimum Gasteiger partial charge on any atom is -0.342 e. The Bertz CT molecular complexity index is 532. The molecule has 2 rings (SSSR count). The molecule has 5 heteroatoms. The molecule has 1 fully saturated rings. The second-order valence-corrected chi connectivity index (χ2v) is 7.21. The van der Waals surface area contributed by atoms with Crippen molar-refractivity contribution in [3.8, 4) is 0 Å². The van der Waals surface area contributed by atoms with Crippen LogP contribution >= 0.6 is 15.9 Å². The normalized spacial score (nSPS) is 16.0. The van der Waals surface area contributed by atoms with Crippen LogP contribution in [-0.4, -0.2) is 29.8 Å². The highest BCUT2D eigenvalue weighted by atomic mass is 79.9. The van der Waals surface area contributed by atoms with Crippen molar-refractivity contribution in [1.82, 2.24) is 4.90 Å². The van der Waals surface area contributed by atoms with E-state index in [2.05, 4.69) is 21.2 Å². The van der Waals surface area contributed by atoms with Crippen LogP contribution in [0.5, 0.6) is 0 Å². The molecule has 1 saturated heterocycles. The molecule has 1 aliphatic rings. The van der Waals surface area contributed by atoms with Crippen molar-refractivity contribution in [2.45, 2.75) is 39.5 Å². The fourth-order valence-electron chi connectivity index (χ4n) is 2.59. The summed E-state index contributed by atoms with van der Waals surface area (Å²) in [4.78, 5) is 27.1. The SMILES string of the molecule is CC(C)(C(=O)Nc1ccc(Br)cc1)C(=O)N1CCCCCC1. The highest BCUT2D eigenvalue weighted by Crippen LogP contribution is 2.24. The number of nitrogens with zero attached hydrogens (tertiary/aromatic N) is 1. The van der Waals surface area contributed by atoms with Crippen molar-refractivity contribution >= 4 is 33.4 Å². The van der Waals surface area contributed by atoms with E-state index in [0.717, 1.165) is 43.2 Å². The van der Waals surface area contributed by atoms with E-state index in [0.29, 0.717) is 5.69 Å². The third-order valence-electron chi connectivity index (χ3n) is 4.10. The van der Waals surface area contributed by atoms with Crippen molar-refractivity contribution in [3.05, 3.63) is 28.7 Å². The van der Waals surface area contributed by atoms with E-state index in [1.165, 1.54) is 0 Å². The zero-order chi connectivity index (χ0) is 16.2. The quantitative estimate of drug-likeness (QED) is 0.826. The summed E-state index contributed by atoms with van der Waals surface area (Å²) >= 11 is 3.36. The number of carbonyl (C=O) groups excluding carboxylic acids is 2. The number of hydrogen-bond acceptors (Lipinski definition) is 2. The van der Waals surface area contributed by atoms with Crippen molar-refractivity contribution in [2.75, 3.05) is 18.4 Å². The molecule has 2 amide bonds. The average Bonchev–Trinajstić information content (AvgIpc) is 2.77. The van der Waals surface area contributed by atoms with Gasteiger partial charge in [0.25, 0.3) is 0 Å². The molecule has 22 heavy (non-hydrogen) atoms. The van der Waals surface area contributed by atoms with Gasteiger partial charge in [0.15, 0.2) is 0 Å². The number of rotatable bonds is 3. The van der Waals surface area contributed by atoms with Crippen LogP contribution in [0.1, 0.15) is 39.5 Å². The number of hydrogen-bond donors (Lipinski definition) is 1. The summed E-state index contributed by atoms with van der Waals surface area (Å²) in [5, 5.41) is 2.84. The Morgan fingerprint density at radius 1 is 1.05 bits per heavy atom. The molecule has 1 aromatic rings.